The zero-order chi connectivity index (χ0) is 13.4. The summed E-state index contributed by atoms with van der Waals surface area (Å²) in [6, 6.07) is 3.95. The molecule has 4 heteroatoms. The lowest BCUT2D eigenvalue weighted by atomic mass is 10.0. The third-order valence-electron chi connectivity index (χ3n) is 3.15. The van der Waals surface area contributed by atoms with Crippen LogP contribution in [-0.4, -0.2) is 23.4 Å². The van der Waals surface area contributed by atoms with Crippen molar-refractivity contribution in [1.29, 1.82) is 0 Å². The molecule has 1 aromatic carbocycles. The molecule has 0 unspecified atom stereocenters. The summed E-state index contributed by atoms with van der Waals surface area (Å²) in [7, 11) is 3.08. The Hall–Kier alpha value is -2.10. The highest BCUT2D eigenvalue weighted by Gasteiger charge is 2.23. The van der Waals surface area contributed by atoms with Gasteiger partial charge in [0.25, 0.3) is 5.78 Å². The number of rotatable bonds is 2. The van der Waals surface area contributed by atoms with E-state index in [9.17, 15) is 9.59 Å². The van der Waals surface area contributed by atoms with Crippen molar-refractivity contribution >= 4 is 22.7 Å². The van der Waals surface area contributed by atoms with Crippen molar-refractivity contribution in [3.63, 3.8) is 0 Å². The summed E-state index contributed by atoms with van der Waals surface area (Å²) in [6.45, 7) is 3.91. The molecule has 0 saturated heterocycles. The van der Waals surface area contributed by atoms with Gasteiger partial charge in [0.2, 0.25) is 0 Å². The molecule has 1 heterocycles. The fourth-order valence-electron chi connectivity index (χ4n) is 2.29. The summed E-state index contributed by atoms with van der Waals surface area (Å²) in [5, 5.41) is 0.827. The number of benzene rings is 1. The Morgan fingerprint density at radius 3 is 2.39 bits per heavy atom. The molecule has 1 aromatic heterocycles. The van der Waals surface area contributed by atoms with Crippen molar-refractivity contribution in [3.05, 3.63) is 35.0 Å². The monoisotopic (exact) mass is 245 g/mol. The van der Waals surface area contributed by atoms with Gasteiger partial charge in [0.05, 0.1) is 18.2 Å². The zero-order valence-electron chi connectivity index (χ0n) is 10.9. The number of ketones is 1. The van der Waals surface area contributed by atoms with Crippen LogP contribution in [-0.2, 0) is 16.6 Å². The normalized spacial score (nSPS) is 10.7. The van der Waals surface area contributed by atoms with Crippen LogP contribution in [0, 0.1) is 13.8 Å². The first-order valence-corrected chi connectivity index (χ1v) is 5.65. The molecule has 0 atom stereocenters. The van der Waals surface area contributed by atoms with E-state index >= 15 is 0 Å². The number of fused-ring (bicyclic) bond motifs is 1. The lowest BCUT2D eigenvalue weighted by Gasteiger charge is -2.04. The summed E-state index contributed by atoms with van der Waals surface area (Å²) in [5.41, 5.74) is 3.42. The van der Waals surface area contributed by atoms with Crippen LogP contribution in [0.25, 0.3) is 10.9 Å². The van der Waals surface area contributed by atoms with E-state index < -0.39 is 11.8 Å². The zero-order valence-corrected chi connectivity index (χ0v) is 10.9. The average Bonchev–Trinajstić information content (AvgIpc) is 2.71. The topological polar surface area (TPSA) is 48.3 Å². The highest BCUT2D eigenvalue weighted by Crippen LogP contribution is 2.27. The Labute approximate surface area is 105 Å². The van der Waals surface area contributed by atoms with Gasteiger partial charge in [0.1, 0.15) is 0 Å². The Morgan fingerprint density at radius 2 is 1.78 bits per heavy atom. The van der Waals surface area contributed by atoms with Crippen LogP contribution >= 0.6 is 0 Å². The predicted octanol–water partition coefficient (Wildman–Crippen LogP) is 2.15. The van der Waals surface area contributed by atoms with Gasteiger partial charge in [-0.25, -0.2) is 4.79 Å². The van der Waals surface area contributed by atoms with Gasteiger partial charge in [-0.1, -0.05) is 12.1 Å². The van der Waals surface area contributed by atoms with E-state index in [1.165, 1.54) is 7.11 Å². The maximum absolute atomic E-state index is 12.0. The van der Waals surface area contributed by atoms with Gasteiger partial charge in [-0.15, -0.1) is 0 Å². The van der Waals surface area contributed by atoms with E-state index in [1.807, 2.05) is 37.6 Å². The molecule has 18 heavy (non-hydrogen) atoms. The van der Waals surface area contributed by atoms with Crippen molar-refractivity contribution in [2.75, 3.05) is 7.11 Å². The quantitative estimate of drug-likeness (QED) is 0.462. The number of Topliss-reactive ketones (excluding diaryl/α,β-unsaturated/α-hetero) is 1. The van der Waals surface area contributed by atoms with E-state index in [-0.39, 0.29) is 0 Å². The number of nitrogens with zero attached hydrogens (tertiary/aromatic N) is 1. The van der Waals surface area contributed by atoms with Gasteiger partial charge in [0, 0.05) is 18.6 Å². The second-order valence-electron chi connectivity index (χ2n) is 4.40. The first-order valence-electron chi connectivity index (χ1n) is 5.65. The van der Waals surface area contributed by atoms with Gasteiger partial charge < -0.3 is 9.30 Å². The number of ether oxygens (including phenoxy) is 1. The fourth-order valence-corrected chi connectivity index (χ4v) is 2.29. The summed E-state index contributed by atoms with van der Waals surface area (Å²) in [5.74, 6) is -1.43. The molecule has 94 valence electrons. The molecule has 0 saturated carbocycles. The van der Waals surface area contributed by atoms with E-state index in [2.05, 4.69) is 4.74 Å². The second-order valence-corrected chi connectivity index (χ2v) is 4.40. The minimum Gasteiger partial charge on any atom is -0.463 e. The molecule has 0 bridgehead atoms. The molecule has 0 amide bonds. The first-order chi connectivity index (χ1) is 8.47. The van der Waals surface area contributed by atoms with Gasteiger partial charge in [0.15, 0.2) is 0 Å². The maximum Gasteiger partial charge on any atom is 0.379 e. The standard InChI is InChI=1S/C14H15NO3/c1-8-5-6-9(2)12-11(8)10(7-15(12)3)13(16)14(17)18-4/h5-7H,1-4H3. The number of aryl methyl sites for hydroxylation is 3. The molecule has 2 rings (SSSR count). The summed E-state index contributed by atoms with van der Waals surface area (Å²) < 4.78 is 6.37. The Morgan fingerprint density at radius 1 is 1.17 bits per heavy atom. The first kappa shape index (κ1) is 12.4. The van der Waals surface area contributed by atoms with Gasteiger partial charge in [-0.3, -0.25) is 4.79 Å². The van der Waals surface area contributed by atoms with Gasteiger partial charge >= 0.3 is 5.97 Å². The Kier molecular flexibility index (Phi) is 2.95. The number of hydrogen-bond acceptors (Lipinski definition) is 3. The molecule has 0 fully saturated rings. The summed E-state index contributed by atoms with van der Waals surface area (Å²) in [4.78, 5) is 23.4. The molecular weight excluding hydrogens is 230 g/mol. The number of carbonyl (C=O) groups is 2. The third-order valence-corrected chi connectivity index (χ3v) is 3.15. The highest BCUT2D eigenvalue weighted by atomic mass is 16.5. The summed E-state index contributed by atoms with van der Waals surface area (Å²) >= 11 is 0. The lowest BCUT2D eigenvalue weighted by Crippen LogP contribution is -2.15. The van der Waals surface area contributed by atoms with E-state index in [0.717, 1.165) is 22.0 Å². The van der Waals surface area contributed by atoms with E-state index in [4.69, 9.17) is 0 Å². The Balaban J connectivity index is 2.78. The van der Waals surface area contributed by atoms with E-state index in [1.54, 1.807) is 6.20 Å². The smallest absolute Gasteiger partial charge is 0.379 e. The molecule has 4 nitrogen and oxygen atoms in total. The fraction of sp³-hybridized carbons (Fsp3) is 0.286. The van der Waals surface area contributed by atoms with Crippen LogP contribution in [0.3, 0.4) is 0 Å². The maximum atomic E-state index is 12.0. The second kappa shape index (κ2) is 4.29. The van der Waals surface area contributed by atoms with Crippen LogP contribution < -0.4 is 0 Å². The number of esters is 1. The van der Waals surface area contributed by atoms with Crippen molar-refractivity contribution < 1.29 is 14.3 Å². The average molecular weight is 245 g/mol. The number of hydrogen-bond donors (Lipinski definition) is 0. The molecule has 0 aliphatic carbocycles. The minimum atomic E-state index is -0.830. The Bertz CT molecular complexity index is 653. The largest absolute Gasteiger partial charge is 0.463 e. The number of methoxy groups -OCH3 is 1. The van der Waals surface area contributed by atoms with E-state index in [0.29, 0.717) is 5.56 Å². The van der Waals surface area contributed by atoms with Gasteiger partial charge in [-0.05, 0) is 25.0 Å². The van der Waals surface area contributed by atoms with Crippen molar-refractivity contribution in [2.24, 2.45) is 7.05 Å². The van der Waals surface area contributed by atoms with Crippen LogP contribution in [0.4, 0.5) is 0 Å². The minimum absolute atomic E-state index is 0.403. The summed E-state index contributed by atoms with van der Waals surface area (Å²) in [6.07, 6.45) is 1.68. The van der Waals surface area contributed by atoms with Crippen LogP contribution in [0.15, 0.2) is 18.3 Å². The van der Waals surface area contributed by atoms with Crippen molar-refractivity contribution in [2.45, 2.75) is 13.8 Å². The van der Waals surface area contributed by atoms with Crippen molar-refractivity contribution in [1.82, 2.24) is 4.57 Å². The third kappa shape index (κ3) is 1.70. The molecule has 0 radical (unpaired) electrons. The number of carbonyl (C=O) groups excluding carboxylic acids is 2. The predicted molar refractivity (Wildman–Crippen MR) is 68.7 cm³/mol. The number of aromatic nitrogens is 1. The SMILES string of the molecule is COC(=O)C(=O)c1cn(C)c2c(C)ccc(C)c12. The van der Waals surface area contributed by atoms with Crippen molar-refractivity contribution in [3.8, 4) is 0 Å². The van der Waals surface area contributed by atoms with Crippen LogP contribution in [0.1, 0.15) is 21.5 Å². The molecule has 2 aromatic rings. The molecule has 0 aliphatic heterocycles. The molecule has 0 N–H and O–H groups in total. The molecular formula is C14H15NO3. The van der Waals surface area contributed by atoms with Crippen LogP contribution in [0.5, 0.6) is 0 Å². The molecule has 0 spiro atoms. The van der Waals surface area contributed by atoms with Gasteiger partial charge in [-0.2, -0.15) is 0 Å². The highest BCUT2D eigenvalue weighted by molar-refractivity contribution is 6.43. The molecule has 0 aliphatic rings. The lowest BCUT2D eigenvalue weighted by molar-refractivity contribution is -0.135. The van der Waals surface area contributed by atoms with Crippen LogP contribution in [0.2, 0.25) is 0 Å².